The van der Waals surface area contributed by atoms with Gasteiger partial charge in [0.1, 0.15) is 0 Å². The minimum atomic E-state index is -0.204. The molecule has 0 atom stereocenters. The summed E-state index contributed by atoms with van der Waals surface area (Å²) in [7, 11) is 0. The van der Waals surface area contributed by atoms with Gasteiger partial charge in [0.05, 0.1) is 22.2 Å². The average Bonchev–Trinajstić information content (AvgIpc) is 3.31. The maximum atomic E-state index is 12.2. The number of nitrogens with one attached hydrogen (secondary N) is 2. The molecule has 1 amide bonds. The van der Waals surface area contributed by atoms with Crippen LogP contribution in [0.2, 0.25) is 0 Å². The van der Waals surface area contributed by atoms with E-state index in [9.17, 15) is 4.79 Å². The Hall–Kier alpha value is -2.96. The first-order valence-electron chi connectivity index (χ1n) is 8.62. The van der Waals surface area contributed by atoms with Crippen molar-refractivity contribution in [1.29, 1.82) is 0 Å². The second-order valence-corrected chi connectivity index (χ2v) is 8.81. The third-order valence-electron chi connectivity index (χ3n) is 3.79. The number of rotatable bonds is 7. The number of anilines is 2. The van der Waals surface area contributed by atoms with Gasteiger partial charge in [-0.15, -0.1) is 10.2 Å². The van der Waals surface area contributed by atoms with Crippen LogP contribution in [0.1, 0.15) is 5.56 Å². The van der Waals surface area contributed by atoms with Crippen LogP contribution in [0.5, 0.6) is 0 Å². The van der Waals surface area contributed by atoms with E-state index in [4.69, 9.17) is 5.84 Å². The quantitative estimate of drug-likeness (QED) is 0.153. The molecular weight excluding hydrogens is 488 g/mol. The lowest BCUT2D eigenvalue weighted by Gasteiger charge is -2.03. The van der Waals surface area contributed by atoms with Gasteiger partial charge in [0.25, 0.3) is 5.95 Å². The zero-order valence-corrected chi connectivity index (χ0v) is 18.5. The number of hydrogen-bond donors (Lipinski definition) is 3. The van der Waals surface area contributed by atoms with Crippen molar-refractivity contribution in [3.63, 3.8) is 0 Å². The number of benzene rings is 2. The molecule has 4 N–H and O–H groups in total. The highest BCUT2D eigenvalue weighted by Gasteiger charge is 2.13. The number of carbonyl (C=O) groups excluding carboxylic acids is 1. The molecule has 0 fully saturated rings. The van der Waals surface area contributed by atoms with Gasteiger partial charge < -0.3 is 11.2 Å². The smallest absolute Gasteiger partial charge is 0.264 e. The fourth-order valence-electron chi connectivity index (χ4n) is 2.38. The van der Waals surface area contributed by atoms with Crippen molar-refractivity contribution in [2.75, 3.05) is 22.3 Å². The number of halogens is 1. The molecule has 2 heterocycles. The van der Waals surface area contributed by atoms with E-state index in [1.165, 1.54) is 27.8 Å². The van der Waals surface area contributed by atoms with Gasteiger partial charge in [-0.25, -0.2) is 15.1 Å². The normalized spacial score (nSPS) is 11.2. The van der Waals surface area contributed by atoms with E-state index < -0.39 is 0 Å². The first kappa shape index (κ1) is 20.3. The van der Waals surface area contributed by atoms with Gasteiger partial charge in [-0.3, -0.25) is 4.79 Å². The van der Waals surface area contributed by atoms with Gasteiger partial charge in [-0.2, -0.15) is 5.10 Å². The Morgan fingerprint density at radius 3 is 2.83 bits per heavy atom. The van der Waals surface area contributed by atoms with Crippen molar-refractivity contribution in [2.24, 2.45) is 5.10 Å². The van der Waals surface area contributed by atoms with Crippen LogP contribution in [0.15, 0.2) is 63.3 Å². The number of nitrogen functional groups attached to an aromatic ring is 1. The number of thioether (sulfide) groups is 1. The Labute approximate surface area is 187 Å². The molecule has 9 nitrogen and oxygen atoms in total. The van der Waals surface area contributed by atoms with Crippen molar-refractivity contribution < 1.29 is 4.79 Å². The molecule has 0 saturated heterocycles. The minimum absolute atomic E-state index is 0.118. The highest BCUT2D eigenvalue weighted by molar-refractivity contribution is 9.10. The third-order valence-corrected chi connectivity index (χ3v) is 6.21. The molecule has 4 rings (SSSR count). The van der Waals surface area contributed by atoms with E-state index in [2.05, 4.69) is 47.0 Å². The van der Waals surface area contributed by atoms with Gasteiger partial charge in [-0.1, -0.05) is 63.3 Å². The maximum Gasteiger partial charge on any atom is 0.264 e. The number of para-hydroxylation sites is 1. The molecule has 2 aromatic heterocycles. The summed E-state index contributed by atoms with van der Waals surface area (Å²) in [4.78, 5) is 16.6. The van der Waals surface area contributed by atoms with Gasteiger partial charge in [-0.05, 0) is 29.8 Å². The Bertz CT molecular complexity index is 1170. The Morgan fingerprint density at radius 1 is 1.23 bits per heavy atom. The summed E-state index contributed by atoms with van der Waals surface area (Å²) in [5.74, 6) is 6.15. The Kier molecular flexibility index (Phi) is 6.26. The van der Waals surface area contributed by atoms with E-state index >= 15 is 0 Å². The second-order valence-electron chi connectivity index (χ2n) is 5.92. The second kappa shape index (κ2) is 9.24. The molecule has 0 spiro atoms. The van der Waals surface area contributed by atoms with Crippen molar-refractivity contribution >= 4 is 72.4 Å². The maximum absolute atomic E-state index is 12.2. The summed E-state index contributed by atoms with van der Waals surface area (Å²) in [6.45, 7) is 0. The van der Waals surface area contributed by atoms with E-state index in [1.54, 1.807) is 6.21 Å². The largest absolute Gasteiger partial charge is 0.334 e. The molecule has 0 aliphatic rings. The number of thiazole rings is 1. The summed E-state index contributed by atoms with van der Waals surface area (Å²) in [6.07, 6.45) is 1.64. The summed E-state index contributed by atoms with van der Waals surface area (Å²) in [5, 5.41) is 15.8. The van der Waals surface area contributed by atoms with Crippen LogP contribution in [-0.2, 0) is 4.79 Å². The van der Waals surface area contributed by atoms with Gasteiger partial charge in [0.2, 0.25) is 11.1 Å². The van der Waals surface area contributed by atoms with E-state index in [0.717, 1.165) is 20.3 Å². The lowest BCUT2D eigenvalue weighted by atomic mass is 10.2. The number of nitrogens with two attached hydrogens (primary N) is 1. The van der Waals surface area contributed by atoms with Crippen LogP contribution >= 0.6 is 39.0 Å². The van der Waals surface area contributed by atoms with E-state index in [1.807, 2.05) is 48.5 Å². The Morgan fingerprint density at radius 2 is 2.03 bits per heavy atom. The summed E-state index contributed by atoms with van der Waals surface area (Å²) in [6, 6.07) is 15.4. The van der Waals surface area contributed by atoms with Crippen LogP contribution in [-0.4, -0.2) is 37.7 Å². The van der Waals surface area contributed by atoms with Crippen LogP contribution in [0.4, 0.5) is 11.1 Å². The first-order chi connectivity index (χ1) is 14.6. The highest BCUT2D eigenvalue weighted by atomic mass is 79.9. The zero-order valence-electron chi connectivity index (χ0n) is 15.3. The van der Waals surface area contributed by atoms with Crippen molar-refractivity contribution in [3.8, 4) is 0 Å². The highest BCUT2D eigenvalue weighted by Crippen LogP contribution is 2.25. The topological polar surface area (TPSA) is 123 Å². The molecule has 0 unspecified atom stereocenters. The number of fused-ring (bicyclic) bond motifs is 1. The molecule has 4 aromatic rings. The number of nitrogens with zero attached hydrogens (tertiary/aromatic N) is 5. The van der Waals surface area contributed by atoms with Gasteiger partial charge in [0.15, 0.2) is 5.13 Å². The van der Waals surface area contributed by atoms with Crippen LogP contribution < -0.4 is 16.6 Å². The fraction of sp³-hybridized carbons (Fsp3) is 0.0556. The molecule has 0 radical (unpaired) electrons. The van der Waals surface area contributed by atoms with Crippen LogP contribution in [0.25, 0.3) is 10.2 Å². The predicted molar refractivity (Wildman–Crippen MR) is 125 cm³/mol. The molecule has 12 heteroatoms. The SMILES string of the molecule is Nn1c(N/N=C/c2ccc(Br)cc2)nnc1SCC(=O)Nc1nc2ccccc2s1. The molecule has 152 valence electrons. The van der Waals surface area contributed by atoms with E-state index in [0.29, 0.717) is 10.3 Å². The third kappa shape index (κ3) is 4.96. The molecule has 30 heavy (non-hydrogen) atoms. The average molecular weight is 503 g/mol. The molecule has 0 aliphatic carbocycles. The molecule has 0 saturated carbocycles. The van der Waals surface area contributed by atoms with Crippen LogP contribution in [0, 0.1) is 0 Å². The standard InChI is InChI=1S/C18H15BrN8OS2/c19-12-7-5-11(6-8-12)9-21-24-16-25-26-18(27(16)20)29-10-15(28)23-17-22-13-3-1-2-4-14(13)30-17/h1-9H,10,20H2,(H,24,25)(H,22,23,28)/b21-9+. The summed E-state index contributed by atoms with van der Waals surface area (Å²) in [5.41, 5.74) is 4.50. The van der Waals surface area contributed by atoms with Crippen molar-refractivity contribution in [3.05, 3.63) is 58.6 Å². The first-order valence-corrected chi connectivity index (χ1v) is 11.2. The zero-order chi connectivity index (χ0) is 20.9. The van der Waals surface area contributed by atoms with E-state index in [-0.39, 0.29) is 17.6 Å². The lowest BCUT2D eigenvalue weighted by Crippen LogP contribution is -2.16. The summed E-state index contributed by atoms with van der Waals surface area (Å²) >= 11 is 5.97. The molecule has 0 bridgehead atoms. The number of carbonyl (C=O) groups is 1. The number of hydrazone groups is 1. The fourth-order valence-corrected chi connectivity index (χ4v) is 4.18. The van der Waals surface area contributed by atoms with Crippen LogP contribution in [0.3, 0.4) is 0 Å². The molecular formula is C18H15BrN8OS2. The number of hydrogen-bond acceptors (Lipinski definition) is 9. The lowest BCUT2D eigenvalue weighted by molar-refractivity contribution is -0.113. The summed E-state index contributed by atoms with van der Waals surface area (Å²) < 4.78 is 3.25. The van der Waals surface area contributed by atoms with Crippen molar-refractivity contribution in [1.82, 2.24) is 19.9 Å². The van der Waals surface area contributed by atoms with Crippen molar-refractivity contribution in [2.45, 2.75) is 5.16 Å². The number of amides is 1. The Balaban J connectivity index is 1.31. The predicted octanol–water partition coefficient (Wildman–Crippen LogP) is 3.54. The van der Waals surface area contributed by atoms with Gasteiger partial charge in [0, 0.05) is 4.47 Å². The number of aromatic nitrogens is 4. The van der Waals surface area contributed by atoms with Gasteiger partial charge >= 0.3 is 0 Å². The molecule has 0 aliphatic heterocycles. The minimum Gasteiger partial charge on any atom is -0.334 e. The molecule has 2 aromatic carbocycles. The monoisotopic (exact) mass is 502 g/mol.